The molecule has 12 heteroatoms. The van der Waals surface area contributed by atoms with Gasteiger partial charge in [-0.1, -0.05) is 0 Å². The minimum atomic E-state index is -0.239. The number of carbonyl (C=O) groups excluding carboxylic acids is 1. The van der Waals surface area contributed by atoms with Crippen LogP contribution in [-0.4, -0.2) is 63.8 Å². The van der Waals surface area contributed by atoms with Gasteiger partial charge in [-0.25, -0.2) is 15.0 Å². The highest BCUT2D eigenvalue weighted by molar-refractivity contribution is 5.93. The van der Waals surface area contributed by atoms with Gasteiger partial charge in [0.25, 0.3) is 17.3 Å². The monoisotopic (exact) mass is 480 g/mol. The van der Waals surface area contributed by atoms with Crippen molar-refractivity contribution in [1.82, 2.24) is 35.1 Å². The number of rotatable bonds is 8. The summed E-state index contributed by atoms with van der Waals surface area (Å²) in [7, 11) is 1.55. The Morgan fingerprint density at radius 2 is 2.14 bits per heavy atom. The van der Waals surface area contributed by atoms with Crippen molar-refractivity contribution in [2.24, 2.45) is 5.41 Å². The summed E-state index contributed by atoms with van der Waals surface area (Å²) in [6.07, 6.45) is 3.10. The second-order valence-corrected chi connectivity index (χ2v) is 8.97. The average Bonchev–Trinajstić information content (AvgIpc) is 3.32. The number of fused-ring (bicyclic) bond motifs is 2. The Balaban J connectivity index is 1.29. The second kappa shape index (κ2) is 9.55. The zero-order chi connectivity index (χ0) is 24.4. The molecule has 0 unspecified atom stereocenters. The van der Waals surface area contributed by atoms with Crippen molar-refractivity contribution in [1.29, 1.82) is 0 Å². The Labute approximate surface area is 201 Å². The number of nitrogens with one attached hydrogen (secondary N) is 3. The van der Waals surface area contributed by atoms with Crippen LogP contribution in [0.2, 0.25) is 0 Å². The number of ether oxygens (including phenoxy) is 2. The highest BCUT2D eigenvalue weighted by atomic mass is 16.5. The second-order valence-electron chi connectivity index (χ2n) is 8.97. The highest BCUT2D eigenvalue weighted by Gasteiger charge is 2.33. The molecule has 0 bridgehead atoms. The van der Waals surface area contributed by atoms with Gasteiger partial charge in [-0.2, -0.15) is 4.98 Å². The maximum Gasteiger partial charge on any atom is 0.270 e. The lowest BCUT2D eigenvalue weighted by Crippen LogP contribution is -2.38. The van der Waals surface area contributed by atoms with Gasteiger partial charge >= 0.3 is 0 Å². The molecule has 0 radical (unpaired) electrons. The molecule has 184 valence electrons. The predicted molar refractivity (Wildman–Crippen MR) is 127 cm³/mol. The number of aryl methyl sites for hydroxylation is 2. The van der Waals surface area contributed by atoms with Gasteiger partial charge in [0, 0.05) is 32.2 Å². The van der Waals surface area contributed by atoms with Crippen molar-refractivity contribution in [2.75, 3.05) is 38.7 Å². The van der Waals surface area contributed by atoms with Gasteiger partial charge < -0.3 is 25.4 Å². The molecule has 5 rings (SSSR count). The number of hydrogen-bond donors (Lipinski definition) is 3. The van der Waals surface area contributed by atoms with Crippen molar-refractivity contribution in [3.8, 4) is 11.8 Å². The third-order valence-corrected chi connectivity index (χ3v) is 6.60. The minimum Gasteiger partial charge on any atom is -0.481 e. The molecule has 0 spiro atoms. The van der Waals surface area contributed by atoms with Crippen LogP contribution in [0.4, 0.5) is 5.82 Å². The number of nitrogens with zero attached hydrogens (tertiary/aromatic N) is 5. The SMILES string of the molecule is COc1ccc2ncc(=O)n(CC[C@@]3(CNCc4nc5c(nc4C)OCC(=O)N5)CCNC3)c2n1. The van der Waals surface area contributed by atoms with Crippen LogP contribution in [-0.2, 0) is 17.9 Å². The maximum atomic E-state index is 12.7. The molecule has 1 amide bonds. The summed E-state index contributed by atoms with van der Waals surface area (Å²) in [4.78, 5) is 41.9. The molecule has 0 aromatic carbocycles. The third kappa shape index (κ3) is 4.80. The summed E-state index contributed by atoms with van der Waals surface area (Å²) in [5.41, 5.74) is 2.45. The average molecular weight is 481 g/mol. The Bertz CT molecular complexity index is 1320. The Morgan fingerprint density at radius 3 is 2.94 bits per heavy atom. The van der Waals surface area contributed by atoms with Crippen molar-refractivity contribution < 1.29 is 14.3 Å². The van der Waals surface area contributed by atoms with E-state index in [1.807, 2.05) is 6.92 Å². The van der Waals surface area contributed by atoms with Crippen LogP contribution in [0, 0.1) is 12.3 Å². The van der Waals surface area contributed by atoms with E-state index < -0.39 is 0 Å². The molecule has 1 saturated heterocycles. The number of hydrogen-bond acceptors (Lipinski definition) is 10. The maximum absolute atomic E-state index is 12.7. The Kier molecular flexibility index (Phi) is 6.31. The molecule has 12 nitrogen and oxygen atoms in total. The summed E-state index contributed by atoms with van der Waals surface area (Å²) in [5, 5.41) is 9.68. The van der Waals surface area contributed by atoms with E-state index in [-0.39, 0.29) is 23.5 Å². The first-order valence-electron chi connectivity index (χ1n) is 11.6. The first-order valence-corrected chi connectivity index (χ1v) is 11.6. The van der Waals surface area contributed by atoms with Gasteiger partial charge in [-0.3, -0.25) is 14.2 Å². The lowest BCUT2D eigenvalue weighted by molar-refractivity contribution is -0.118. The van der Waals surface area contributed by atoms with Gasteiger partial charge in [-0.05, 0) is 37.8 Å². The van der Waals surface area contributed by atoms with Crippen LogP contribution in [0.25, 0.3) is 11.2 Å². The summed E-state index contributed by atoms with van der Waals surface area (Å²) >= 11 is 0. The van der Waals surface area contributed by atoms with Gasteiger partial charge in [0.1, 0.15) is 5.52 Å². The van der Waals surface area contributed by atoms with Crippen LogP contribution < -0.4 is 31.0 Å². The summed E-state index contributed by atoms with van der Waals surface area (Å²) < 4.78 is 12.3. The van der Waals surface area contributed by atoms with E-state index in [1.54, 1.807) is 23.8 Å². The predicted octanol–water partition coefficient (Wildman–Crippen LogP) is 0.389. The van der Waals surface area contributed by atoms with Crippen molar-refractivity contribution >= 4 is 22.9 Å². The van der Waals surface area contributed by atoms with Crippen molar-refractivity contribution in [3.63, 3.8) is 0 Å². The molecule has 1 fully saturated rings. The van der Waals surface area contributed by atoms with Crippen LogP contribution >= 0.6 is 0 Å². The van der Waals surface area contributed by atoms with E-state index in [0.717, 1.165) is 43.9 Å². The fraction of sp³-hybridized carbons (Fsp3) is 0.478. The Morgan fingerprint density at radius 1 is 1.26 bits per heavy atom. The lowest BCUT2D eigenvalue weighted by Gasteiger charge is -2.29. The minimum absolute atomic E-state index is 0.0409. The lowest BCUT2D eigenvalue weighted by atomic mass is 9.83. The zero-order valence-corrected chi connectivity index (χ0v) is 19.8. The molecule has 2 aliphatic rings. The van der Waals surface area contributed by atoms with E-state index in [1.165, 1.54) is 6.20 Å². The van der Waals surface area contributed by atoms with Crippen molar-refractivity contribution in [2.45, 2.75) is 32.9 Å². The van der Waals surface area contributed by atoms with Crippen LogP contribution in [0.1, 0.15) is 24.2 Å². The molecular formula is C23H28N8O4. The zero-order valence-electron chi connectivity index (χ0n) is 19.8. The van der Waals surface area contributed by atoms with Crippen molar-refractivity contribution in [3.05, 3.63) is 40.1 Å². The third-order valence-electron chi connectivity index (χ3n) is 6.60. The molecule has 3 N–H and O–H groups in total. The number of amides is 1. The number of methoxy groups -OCH3 is 1. The van der Waals surface area contributed by atoms with E-state index in [9.17, 15) is 9.59 Å². The van der Waals surface area contributed by atoms with Crippen LogP contribution in [0.15, 0.2) is 23.1 Å². The molecule has 1 atom stereocenters. The standard InChI is InChI=1S/C23H28N8O4/c1-14-16(28-20-22(27-14)35-11-17(32)29-20)9-25-13-23(5-7-24-12-23)6-8-31-19(33)10-26-15-3-4-18(34-2)30-21(15)31/h3-4,10,24-25H,5-9,11-13H2,1-2H3,(H,28,29,32)/t23-/m0/s1. The normalized spacial score (nSPS) is 19.3. The van der Waals surface area contributed by atoms with E-state index in [2.05, 4.69) is 35.9 Å². The first-order chi connectivity index (χ1) is 17.0. The van der Waals surface area contributed by atoms with Crippen LogP contribution in [0.3, 0.4) is 0 Å². The number of carbonyl (C=O) groups is 1. The molecular weight excluding hydrogens is 452 g/mol. The van der Waals surface area contributed by atoms with E-state index >= 15 is 0 Å². The van der Waals surface area contributed by atoms with Gasteiger partial charge in [0.05, 0.1) is 24.7 Å². The number of aromatic nitrogens is 5. The van der Waals surface area contributed by atoms with Gasteiger partial charge in [-0.15, -0.1) is 0 Å². The summed E-state index contributed by atoms with van der Waals surface area (Å²) in [6, 6.07) is 3.54. The highest BCUT2D eigenvalue weighted by Crippen LogP contribution is 2.30. The largest absolute Gasteiger partial charge is 0.481 e. The fourth-order valence-electron chi connectivity index (χ4n) is 4.58. The molecule has 2 aliphatic heterocycles. The molecule has 0 saturated carbocycles. The van der Waals surface area contributed by atoms with Crippen LogP contribution in [0.5, 0.6) is 11.8 Å². The van der Waals surface area contributed by atoms with E-state index in [0.29, 0.717) is 41.8 Å². The number of pyridine rings is 1. The Hall–Kier alpha value is -3.64. The fourth-order valence-corrected chi connectivity index (χ4v) is 4.58. The molecule has 0 aliphatic carbocycles. The molecule has 3 aromatic heterocycles. The van der Waals surface area contributed by atoms with Gasteiger partial charge in [0.15, 0.2) is 18.1 Å². The summed E-state index contributed by atoms with van der Waals surface area (Å²) in [6.45, 7) is 5.33. The molecule has 3 aromatic rings. The smallest absolute Gasteiger partial charge is 0.270 e. The van der Waals surface area contributed by atoms with E-state index in [4.69, 9.17) is 9.47 Å². The first kappa shape index (κ1) is 23.1. The quantitative estimate of drug-likeness (QED) is 0.414. The molecule has 35 heavy (non-hydrogen) atoms. The number of anilines is 1. The molecule has 5 heterocycles. The topological polar surface area (TPSA) is 145 Å². The summed E-state index contributed by atoms with van der Waals surface area (Å²) in [5.74, 6) is 0.910. The van der Waals surface area contributed by atoms with Gasteiger partial charge in [0.2, 0.25) is 5.88 Å².